The van der Waals surface area contributed by atoms with E-state index < -0.39 is 12.1 Å². The molecule has 3 aromatic rings. The van der Waals surface area contributed by atoms with E-state index in [4.69, 9.17) is 0 Å². The number of amides is 6. The van der Waals surface area contributed by atoms with E-state index in [2.05, 4.69) is 41.2 Å². The molecule has 48 heavy (non-hydrogen) atoms. The first-order chi connectivity index (χ1) is 23.0. The average Bonchev–Trinajstić information content (AvgIpc) is 3.90. The average molecular weight is 661 g/mol. The number of rotatable bonds is 10. The third-order valence-electron chi connectivity index (χ3n) is 9.29. The molecule has 14 nitrogen and oxygen atoms in total. The summed E-state index contributed by atoms with van der Waals surface area (Å²) in [7, 11) is 3.07. The maximum absolute atomic E-state index is 13.5. The van der Waals surface area contributed by atoms with Gasteiger partial charge >= 0.3 is 12.1 Å². The van der Waals surface area contributed by atoms with Crippen LogP contribution in [0.3, 0.4) is 0 Å². The van der Waals surface area contributed by atoms with E-state index in [0.717, 1.165) is 59.8 Å². The number of hydrogen-bond acceptors (Lipinski definition) is 6. The Hall–Kier alpha value is -4.88. The molecule has 6 amide bonds. The van der Waals surface area contributed by atoms with Crippen LogP contribution in [0, 0.1) is 11.8 Å². The molecule has 0 aliphatic carbocycles. The number of benzene rings is 1. The Morgan fingerprint density at radius 2 is 1.06 bits per heavy atom. The van der Waals surface area contributed by atoms with Crippen molar-refractivity contribution in [1.82, 2.24) is 51.0 Å². The number of aromatic nitrogens is 4. The monoisotopic (exact) mass is 660 g/mol. The molecule has 6 N–H and O–H groups in total. The van der Waals surface area contributed by atoms with Crippen molar-refractivity contribution in [2.45, 2.75) is 77.5 Å². The number of nitrogens with zero attached hydrogens (tertiary/aromatic N) is 4. The van der Waals surface area contributed by atoms with Crippen molar-refractivity contribution in [2.24, 2.45) is 11.8 Å². The highest BCUT2D eigenvalue weighted by Crippen LogP contribution is 2.35. The fourth-order valence-corrected chi connectivity index (χ4v) is 6.58. The smallest absolute Gasteiger partial charge is 0.315 e. The summed E-state index contributed by atoms with van der Waals surface area (Å²) in [6, 6.07) is 5.63. The van der Waals surface area contributed by atoms with Gasteiger partial charge in [0.25, 0.3) is 0 Å². The predicted molar refractivity (Wildman–Crippen MR) is 181 cm³/mol. The number of aromatic amines is 2. The fraction of sp³-hybridized carbons (Fsp3) is 0.529. The van der Waals surface area contributed by atoms with Crippen LogP contribution in [0.15, 0.2) is 36.7 Å². The van der Waals surface area contributed by atoms with Gasteiger partial charge in [-0.05, 0) is 48.6 Å². The minimum absolute atomic E-state index is 0.0675. The molecule has 2 fully saturated rings. The Balaban J connectivity index is 1.27. The van der Waals surface area contributed by atoms with E-state index >= 15 is 0 Å². The van der Waals surface area contributed by atoms with Crippen LogP contribution in [0.1, 0.15) is 77.1 Å². The molecule has 0 saturated carbocycles. The Bertz CT molecular complexity index is 1480. The lowest BCUT2D eigenvalue weighted by Gasteiger charge is -2.30. The van der Waals surface area contributed by atoms with E-state index in [-0.39, 0.29) is 47.8 Å². The van der Waals surface area contributed by atoms with Crippen molar-refractivity contribution in [3.05, 3.63) is 48.3 Å². The van der Waals surface area contributed by atoms with Gasteiger partial charge in [0.05, 0.1) is 35.9 Å². The van der Waals surface area contributed by atoms with E-state index in [1.165, 1.54) is 14.1 Å². The van der Waals surface area contributed by atoms with Crippen molar-refractivity contribution < 1.29 is 19.2 Å². The quantitative estimate of drug-likeness (QED) is 0.193. The summed E-state index contributed by atoms with van der Waals surface area (Å²) in [5.41, 5.74) is 3.58. The molecule has 2 saturated heterocycles. The Kier molecular flexibility index (Phi) is 10.7. The summed E-state index contributed by atoms with van der Waals surface area (Å²) in [4.78, 5) is 70.9. The van der Waals surface area contributed by atoms with Crippen molar-refractivity contribution in [1.29, 1.82) is 0 Å². The standard InChI is InChI=1S/C34H48N10O4/c1-19(2)27(41-33(47)35-5)31(45)43-15-7-9-25(43)29-37-17-23(39-29)21-11-13-22(14-12-21)24-18-38-30(40-24)26-10-8-16-44(26)32(46)28(20(3)4)42-34(48)36-6/h11-14,17-20,25-28H,7-10,15-16H2,1-6H3,(H,37,39)(H,38,40)(H2,35,41,47)(H2,36,42,48)/t25-,26-,27-,28-/m0/s1. The second-order valence-electron chi connectivity index (χ2n) is 13.2. The first kappa shape index (κ1) is 34.5. The molecule has 5 rings (SSSR count). The molecule has 2 aromatic heterocycles. The molecule has 0 unspecified atom stereocenters. The number of H-pyrrole nitrogens is 2. The highest BCUT2D eigenvalue weighted by Gasteiger charge is 2.38. The first-order valence-electron chi connectivity index (χ1n) is 16.8. The molecule has 2 aliphatic heterocycles. The van der Waals surface area contributed by atoms with Gasteiger partial charge in [-0.2, -0.15) is 0 Å². The van der Waals surface area contributed by atoms with E-state index in [0.29, 0.717) is 13.1 Å². The molecule has 0 spiro atoms. The van der Waals surface area contributed by atoms with Crippen LogP contribution in [0.25, 0.3) is 22.5 Å². The normalized spacial score (nSPS) is 19.0. The molecule has 0 radical (unpaired) electrons. The minimum atomic E-state index is -0.629. The number of likely N-dealkylation sites (tertiary alicyclic amines) is 2. The molecule has 2 aliphatic rings. The Labute approximate surface area is 281 Å². The maximum Gasteiger partial charge on any atom is 0.315 e. The molecule has 4 heterocycles. The van der Waals surface area contributed by atoms with Crippen LogP contribution in [0.2, 0.25) is 0 Å². The van der Waals surface area contributed by atoms with Gasteiger partial charge in [-0.15, -0.1) is 0 Å². The van der Waals surface area contributed by atoms with Gasteiger partial charge in [-0.25, -0.2) is 19.6 Å². The van der Waals surface area contributed by atoms with Crippen LogP contribution < -0.4 is 21.3 Å². The van der Waals surface area contributed by atoms with Gasteiger partial charge in [0.1, 0.15) is 23.7 Å². The van der Waals surface area contributed by atoms with Gasteiger partial charge in [-0.1, -0.05) is 52.0 Å². The summed E-state index contributed by atoms with van der Waals surface area (Å²) in [6.07, 6.45) is 6.87. The summed E-state index contributed by atoms with van der Waals surface area (Å²) >= 11 is 0. The van der Waals surface area contributed by atoms with Gasteiger partial charge in [0.2, 0.25) is 11.8 Å². The summed E-state index contributed by atoms with van der Waals surface area (Å²) in [5, 5.41) is 10.7. The van der Waals surface area contributed by atoms with E-state index in [9.17, 15) is 19.2 Å². The second-order valence-corrected chi connectivity index (χ2v) is 13.2. The lowest BCUT2D eigenvalue weighted by Crippen LogP contribution is -2.53. The Morgan fingerprint density at radius 1 is 0.688 bits per heavy atom. The van der Waals surface area contributed by atoms with Crippen molar-refractivity contribution in [3.63, 3.8) is 0 Å². The highest BCUT2D eigenvalue weighted by molar-refractivity contribution is 5.88. The molecule has 1 aromatic carbocycles. The molecular weight excluding hydrogens is 612 g/mol. The van der Waals surface area contributed by atoms with Crippen molar-refractivity contribution in [3.8, 4) is 22.5 Å². The van der Waals surface area contributed by atoms with Crippen LogP contribution in [-0.2, 0) is 9.59 Å². The topological polar surface area (TPSA) is 180 Å². The largest absolute Gasteiger partial charge is 0.341 e. The molecule has 258 valence electrons. The first-order valence-corrected chi connectivity index (χ1v) is 16.8. The highest BCUT2D eigenvalue weighted by atomic mass is 16.2. The number of imidazole rings is 2. The third kappa shape index (κ3) is 7.32. The van der Waals surface area contributed by atoms with Gasteiger partial charge in [0.15, 0.2) is 0 Å². The van der Waals surface area contributed by atoms with Crippen LogP contribution in [0.5, 0.6) is 0 Å². The molecule has 4 atom stereocenters. The summed E-state index contributed by atoms with van der Waals surface area (Å²) in [6.45, 7) is 8.90. The number of nitrogens with one attached hydrogen (secondary N) is 6. The SMILES string of the molecule is CNC(=O)N[C@H](C(=O)N1CCC[C@H]1c1ncc(-c2ccc(-c3cnc([C@@H]4CCCN4C(=O)[C@@H](NC(=O)NC)C(C)C)[nH]3)cc2)[nH]1)C(C)C. The summed E-state index contributed by atoms with van der Waals surface area (Å²) < 4.78 is 0. The third-order valence-corrected chi connectivity index (χ3v) is 9.29. The molecule has 0 bridgehead atoms. The number of hydrogen-bond donors (Lipinski definition) is 6. The lowest BCUT2D eigenvalue weighted by atomic mass is 10.0. The van der Waals surface area contributed by atoms with Crippen LogP contribution >= 0.6 is 0 Å². The maximum atomic E-state index is 13.5. The van der Waals surface area contributed by atoms with Gasteiger partial charge < -0.3 is 41.0 Å². The number of carbonyl (C=O) groups is 4. The predicted octanol–water partition coefficient (Wildman–Crippen LogP) is 3.70. The fourth-order valence-electron chi connectivity index (χ4n) is 6.58. The zero-order valence-electron chi connectivity index (χ0n) is 28.6. The Morgan fingerprint density at radius 3 is 1.40 bits per heavy atom. The molecule has 14 heteroatoms. The lowest BCUT2D eigenvalue weighted by molar-refractivity contribution is -0.136. The molecular formula is C34H48N10O4. The van der Waals surface area contributed by atoms with E-state index in [1.807, 2.05) is 61.8 Å². The number of carbonyl (C=O) groups excluding carboxylic acids is 4. The van der Waals surface area contributed by atoms with Crippen LogP contribution in [-0.4, -0.2) is 92.9 Å². The zero-order valence-corrected chi connectivity index (χ0v) is 28.6. The van der Waals surface area contributed by atoms with Gasteiger partial charge in [-0.3, -0.25) is 9.59 Å². The van der Waals surface area contributed by atoms with Gasteiger partial charge in [0, 0.05) is 27.2 Å². The summed E-state index contributed by atoms with van der Waals surface area (Å²) in [5.74, 6) is 1.09. The van der Waals surface area contributed by atoms with Crippen molar-refractivity contribution in [2.75, 3.05) is 27.2 Å². The zero-order chi connectivity index (χ0) is 34.5. The van der Waals surface area contributed by atoms with Crippen LogP contribution in [0.4, 0.5) is 9.59 Å². The second kappa shape index (κ2) is 14.9. The minimum Gasteiger partial charge on any atom is -0.341 e. The number of urea groups is 2. The van der Waals surface area contributed by atoms with E-state index in [1.54, 1.807) is 12.4 Å². The van der Waals surface area contributed by atoms with Crippen molar-refractivity contribution >= 4 is 23.9 Å².